The van der Waals surface area contributed by atoms with Crippen LogP contribution in [0.4, 0.5) is 4.79 Å². The molecule has 1 aromatic carbocycles. The smallest absolute Gasteiger partial charge is 0.410 e. The summed E-state index contributed by atoms with van der Waals surface area (Å²) in [4.78, 5) is 24.5. The minimum Gasteiger partial charge on any atom is -0.444 e. The van der Waals surface area contributed by atoms with E-state index in [9.17, 15) is 14.9 Å². The van der Waals surface area contributed by atoms with Crippen LogP contribution in [0.25, 0.3) is 0 Å². The van der Waals surface area contributed by atoms with Crippen molar-refractivity contribution in [3.8, 4) is 0 Å². The fraction of sp³-hybridized carbons (Fsp3) is 0.588. The highest BCUT2D eigenvalue weighted by molar-refractivity contribution is 5.68. The lowest BCUT2D eigenvalue weighted by atomic mass is 10.00. The summed E-state index contributed by atoms with van der Waals surface area (Å²) in [7, 11) is 1.66. The lowest BCUT2D eigenvalue weighted by molar-refractivity contribution is -0.530. The van der Waals surface area contributed by atoms with E-state index in [1.807, 2.05) is 33.8 Å². The van der Waals surface area contributed by atoms with E-state index < -0.39 is 17.7 Å². The number of amides is 1. The molecule has 0 aliphatic carbocycles. The largest absolute Gasteiger partial charge is 0.444 e. The van der Waals surface area contributed by atoms with Gasteiger partial charge in [0.05, 0.1) is 0 Å². The first-order chi connectivity index (χ1) is 10.6. The Morgan fingerprint density at radius 3 is 2.30 bits per heavy atom. The third kappa shape index (κ3) is 6.26. The molecule has 23 heavy (non-hydrogen) atoms. The fourth-order valence-electron chi connectivity index (χ4n) is 2.18. The molecule has 2 unspecified atom stereocenters. The van der Waals surface area contributed by atoms with E-state index in [-0.39, 0.29) is 11.0 Å². The Morgan fingerprint density at radius 2 is 1.83 bits per heavy atom. The van der Waals surface area contributed by atoms with Gasteiger partial charge in [0, 0.05) is 30.0 Å². The first-order valence-electron chi connectivity index (χ1n) is 7.76. The van der Waals surface area contributed by atoms with Gasteiger partial charge in [0.2, 0.25) is 6.04 Å². The topological polar surface area (TPSA) is 72.7 Å². The average Bonchev–Trinajstić information content (AvgIpc) is 2.45. The molecule has 0 fully saturated rings. The fourth-order valence-corrected chi connectivity index (χ4v) is 2.18. The minimum atomic E-state index is -0.759. The molecule has 0 radical (unpaired) electrons. The second-order valence-corrected chi connectivity index (χ2v) is 6.73. The highest BCUT2D eigenvalue weighted by Gasteiger charge is 2.27. The molecule has 1 rings (SSSR count). The molecule has 1 amide bonds. The third-order valence-corrected chi connectivity index (χ3v) is 3.64. The SMILES string of the molecule is CC(CCC(c1ccccc1)[N+](=O)[O-])N(C)C(=O)OC(C)(C)C. The second kappa shape index (κ2) is 7.94. The number of hydrogen-bond acceptors (Lipinski definition) is 4. The van der Waals surface area contributed by atoms with E-state index in [0.29, 0.717) is 18.4 Å². The van der Waals surface area contributed by atoms with Crippen molar-refractivity contribution in [1.82, 2.24) is 4.90 Å². The molecule has 0 saturated carbocycles. The van der Waals surface area contributed by atoms with Gasteiger partial charge in [0.1, 0.15) is 5.60 Å². The summed E-state index contributed by atoms with van der Waals surface area (Å²) in [6.45, 7) is 7.29. The van der Waals surface area contributed by atoms with E-state index in [2.05, 4.69) is 0 Å². The molecule has 2 atom stereocenters. The Labute approximate surface area is 137 Å². The van der Waals surface area contributed by atoms with Gasteiger partial charge in [0.25, 0.3) is 0 Å². The maximum Gasteiger partial charge on any atom is 0.410 e. The van der Waals surface area contributed by atoms with Crippen LogP contribution in [0.3, 0.4) is 0 Å². The van der Waals surface area contributed by atoms with Crippen molar-refractivity contribution in [3.05, 3.63) is 46.0 Å². The zero-order valence-electron chi connectivity index (χ0n) is 14.5. The highest BCUT2D eigenvalue weighted by Crippen LogP contribution is 2.24. The Hall–Kier alpha value is -2.11. The van der Waals surface area contributed by atoms with Crippen LogP contribution in [0.2, 0.25) is 0 Å². The van der Waals surface area contributed by atoms with Gasteiger partial charge in [-0.2, -0.15) is 0 Å². The minimum absolute atomic E-state index is 0.143. The summed E-state index contributed by atoms with van der Waals surface area (Å²) in [5.41, 5.74) is 0.128. The number of carbonyl (C=O) groups is 1. The molecule has 0 aliphatic rings. The van der Waals surface area contributed by atoms with E-state index in [0.717, 1.165) is 0 Å². The van der Waals surface area contributed by atoms with E-state index >= 15 is 0 Å². The number of rotatable bonds is 6. The molecule has 6 heteroatoms. The van der Waals surface area contributed by atoms with Crippen LogP contribution in [0, 0.1) is 10.1 Å². The van der Waals surface area contributed by atoms with Crippen LogP contribution in [0.15, 0.2) is 30.3 Å². The Bertz CT molecular complexity index is 525. The monoisotopic (exact) mass is 322 g/mol. The molecule has 0 N–H and O–H groups in total. The lowest BCUT2D eigenvalue weighted by Crippen LogP contribution is -2.39. The van der Waals surface area contributed by atoms with Crippen molar-refractivity contribution in [2.75, 3.05) is 7.05 Å². The molecule has 0 bridgehead atoms. The normalized spacial score (nSPS) is 14.0. The second-order valence-electron chi connectivity index (χ2n) is 6.73. The summed E-state index contributed by atoms with van der Waals surface area (Å²) in [5.74, 6) is 0. The molecule has 0 heterocycles. The van der Waals surface area contributed by atoms with Crippen LogP contribution in [-0.2, 0) is 4.74 Å². The predicted octanol–water partition coefficient (Wildman–Crippen LogP) is 4.04. The highest BCUT2D eigenvalue weighted by atomic mass is 16.6. The van der Waals surface area contributed by atoms with Crippen LogP contribution < -0.4 is 0 Å². The predicted molar refractivity (Wildman–Crippen MR) is 88.9 cm³/mol. The van der Waals surface area contributed by atoms with Gasteiger partial charge in [-0.3, -0.25) is 10.1 Å². The van der Waals surface area contributed by atoms with Gasteiger partial charge < -0.3 is 9.64 Å². The van der Waals surface area contributed by atoms with Crippen molar-refractivity contribution in [2.24, 2.45) is 0 Å². The van der Waals surface area contributed by atoms with Crippen molar-refractivity contribution >= 4 is 6.09 Å². The maximum atomic E-state index is 12.0. The summed E-state index contributed by atoms with van der Waals surface area (Å²) in [5, 5.41) is 11.3. The zero-order valence-corrected chi connectivity index (χ0v) is 14.5. The van der Waals surface area contributed by atoms with Gasteiger partial charge in [-0.15, -0.1) is 0 Å². The standard InChI is InChI=1S/C17H26N2O4/c1-13(18(5)16(20)23-17(2,3)4)11-12-15(19(21)22)14-9-7-6-8-10-14/h6-10,13,15H,11-12H2,1-5H3. The van der Waals surface area contributed by atoms with Crippen molar-refractivity contribution in [2.45, 2.75) is 58.2 Å². The number of hydrogen-bond donors (Lipinski definition) is 0. The average molecular weight is 322 g/mol. The molecule has 0 aromatic heterocycles. The number of nitrogens with zero attached hydrogens (tertiary/aromatic N) is 2. The number of ether oxygens (including phenoxy) is 1. The van der Waals surface area contributed by atoms with Crippen molar-refractivity contribution in [3.63, 3.8) is 0 Å². The van der Waals surface area contributed by atoms with Crippen LogP contribution >= 0.6 is 0 Å². The lowest BCUT2D eigenvalue weighted by Gasteiger charge is -2.29. The van der Waals surface area contributed by atoms with Crippen LogP contribution in [-0.4, -0.2) is 34.6 Å². The number of nitro groups is 1. The van der Waals surface area contributed by atoms with Gasteiger partial charge in [0.15, 0.2) is 0 Å². The number of benzene rings is 1. The third-order valence-electron chi connectivity index (χ3n) is 3.64. The van der Waals surface area contributed by atoms with E-state index in [1.165, 1.54) is 4.90 Å². The molecule has 0 aliphatic heterocycles. The Kier molecular flexibility index (Phi) is 6.54. The van der Waals surface area contributed by atoms with Crippen molar-refractivity contribution < 1.29 is 14.5 Å². The van der Waals surface area contributed by atoms with Crippen molar-refractivity contribution in [1.29, 1.82) is 0 Å². The van der Waals surface area contributed by atoms with Gasteiger partial charge >= 0.3 is 6.09 Å². The van der Waals surface area contributed by atoms with Gasteiger partial charge in [-0.1, -0.05) is 30.3 Å². The van der Waals surface area contributed by atoms with Gasteiger partial charge in [-0.25, -0.2) is 4.79 Å². The molecule has 6 nitrogen and oxygen atoms in total. The molecule has 0 saturated heterocycles. The molecule has 128 valence electrons. The summed E-state index contributed by atoms with van der Waals surface area (Å²) < 4.78 is 5.31. The zero-order chi connectivity index (χ0) is 17.6. The summed E-state index contributed by atoms with van der Waals surface area (Å²) in [6, 6.07) is 8.04. The molecule has 1 aromatic rings. The van der Waals surface area contributed by atoms with Gasteiger partial charge in [-0.05, 0) is 34.1 Å². The summed E-state index contributed by atoms with van der Waals surface area (Å²) >= 11 is 0. The van der Waals surface area contributed by atoms with E-state index in [4.69, 9.17) is 4.74 Å². The van der Waals surface area contributed by atoms with Crippen LogP contribution in [0.1, 0.15) is 52.1 Å². The quantitative estimate of drug-likeness (QED) is 0.585. The Morgan fingerprint density at radius 1 is 1.26 bits per heavy atom. The maximum absolute atomic E-state index is 12.0. The Balaban J connectivity index is 2.64. The molecular formula is C17H26N2O4. The number of carbonyl (C=O) groups excluding carboxylic acids is 1. The molecular weight excluding hydrogens is 296 g/mol. The van der Waals surface area contributed by atoms with Crippen LogP contribution in [0.5, 0.6) is 0 Å². The first kappa shape index (κ1) is 18.9. The first-order valence-corrected chi connectivity index (χ1v) is 7.76. The van der Waals surface area contributed by atoms with E-state index in [1.54, 1.807) is 31.3 Å². The summed E-state index contributed by atoms with van der Waals surface area (Å²) in [6.07, 6.45) is 0.476. The molecule has 0 spiro atoms.